The Balaban J connectivity index is 2.30. The molecule has 0 aliphatic heterocycles. The molecular formula is C13H11ClN2O2S2. The second kappa shape index (κ2) is 5.94. The van der Waals surface area contributed by atoms with Crippen molar-refractivity contribution in [2.45, 2.75) is 17.2 Å². The van der Waals surface area contributed by atoms with Crippen molar-refractivity contribution in [2.24, 2.45) is 0 Å². The van der Waals surface area contributed by atoms with Crippen LogP contribution in [-0.2, 0) is 10.0 Å². The maximum atomic E-state index is 12.2. The minimum Gasteiger partial charge on any atom is -0.206 e. The van der Waals surface area contributed by atoms with Crippen LogP contribution in [0.1, 0.15) is 17.2 Å². The molecule has 7 heteroatoms. The molecule has 1 unspecified atom stereocenters. The van der Waals surface area contributed by atoms with Gasteiger partial charge in [-0.3, -0.25) is 0 Å². The van der Waals surface area contributed by atoms with Gasteiger partial charge >= 0.3 is 0 Å². The number of nitrogens with one attached hydrogen (secondary N) is 1. The average Bonchev–Trinajstić information content (AvgIpc) is 2.78. The lowest BCUT2D eigenvalue weighted by atomic mass is 10.1. The SMILES string of the molecule is Cc1cc(S(=O)(=O)NC(C#N)c2ccccc2)sc1Cl. The first-order chi connectivity index (χ1) is 9.44. The highest BCUT2D eigenvalue weighted by Crippen LogP contribution is 2.30. The molecule has 0 saturated carbocycles. The number of aryl methyl sites for hydroxylation is 1. The third kappa shape index (κ3) is 3.19. The van der Waals surface area contributed by atoms with Crippen LogP contribution in [0.5, 0.6) is 0 Å². The van der Waals surface area contributed by atoms with E-state index in [0.717, 1.165) is 11.3 Å². The fourth-order valence-electron chi connectivity index (χ4n) is 1.59. The van der Waals surface area contributed by atoms with Crippen molar-refractivity contribution >= 4 is 33.0 Å². The monoisotopic (exact) mass is 326 g/mol. The molecule has 2 aromatic rings. The molecule has 1 aromatic carbocycles. The summed E-state index contributed by atoms with van der Waals surface area (Å²) in [6.45, 7) is 1.73. The van der Waals surface area contributed by atoms with Crippen molar-refractivity contribution in [3.63, 3.8) is 0 Å². The third-order valence-electron chi connectivity index (χ3n) is 2.63. The van der Waals surface area contributed by atoms with Gasteiger partial charge in [-0.15, -0.1) is 11.3 Å². The first-order valence-corrected chi connectivity index (χ1v) is 8.34. The van der Waals surface area contributed by atoms with Crippen molar-refractivity contribution < 1.29 is 8.42 Å². The minimum absolute atomic E-state index is 0.108. The van der Waals surface area contributed by atoms with E-state index < -0.39 is 16.1 Å². The number of hydrogen-bond donors (Lipinski definition) is 1. The summed E-state index contributed by atoms with van der Waals surface area (Å²) in [6.07, 6.45) is 0. The van der Waals surface area contributed by atoms with Gasteiger partial charge in [-0.25, -0.2) is 8.42 Å². The van der Waals surface area contributed by atoms with E-state index in [2.05, 4.69) is 4.72 Å². The van der Waals surface area contributed by atoms with Gasteiger partial charge in [0.1, 0.15) is 10.3 Å². The molecule has 0 fully saturated rings. The molecule has 0 bridgehead atoms. The van der Waals surface area contributed by atoms with Crippen LogP contribution in [0.15, 0.2) is 40.6 Å². The highest BCUT2D eigenvalue weighted by Gasteiger charge is 2.23. The Kier molecular flexibility index (Phi) is 4.45. The van der Waals surface area contributed by atoms with Gasteiger partial charge in [-0.05, 0) is 24.1 Å². The molecule has 0 aliphatic carbocycles. The van der Waals surface area contributed by atoms with E-state index in [1.54, 1.807) is 37.3 Å². The van der Waals surface area contributed by atoms with Crippen LogP contribution < -0.4 is 4.72 Å². The molecule has 0 spiro atoms. The van der Waals surface area contributed by atoms with Crippen molar-refractivity contribution in [3.05, 3.63) is 51.9 Å². The van der Waals surface area contributed by atoms with E-state index in [1.807, 2.05) is 6.07 Å². The zero-order chi connectivity index (χ0) is 14.8. The zero-order valence-corrected chi connectivity index (χ0v) is 12.9. The number of sulfonamides is 1. The molecule has 0 saturated heterocycles. The van der Waals surface area contributed by atoms with Crippen molar-refractivity contribution in [1.82, 2.24) is 4.72 Å². The maximum Gasteiger partial charge on any atom is 0.251 e. The molecule has 1 N–H and O–H groups in total. The minimum atomic E-state index is -3.76. The number of nitrogens with zero attached hydrogens (tertiary/aromatic N) is 1. The van der Waals surface area contributed by atoms with Crippen LogP contribution in [0.4, 0.5) is 0 Å². The summed E-state index contributed by atoms with van der Waals surface area (Å²) in [7, 11) is -3.76. The molecule has 0 aliphatic rings. The van der Waals surface area contributed by atoms with Gasteiger partial charge in [-0.2, -0.15) is 9.98 Å². The maximum absolute atomic E-state index is 12.2. The lowest BCUT2D eigenvalue weighted by Crippen LogP contribution is -2.27. The van der Waals surface area contributed by atoms with Gasteiger partial charge in [0.2, 0.25) is 0 Å². The Hall–Kier alpha value is -1.39. The Labute approximate surface area is 126 Å². The summed E-state index contributed by atoms with van der Waals surface area (Å²) < 4.78 is 27.4. The van der Waals surface area contributed by atoms with Gasteiger partial charge in [0, 0.05) is 0 Å². The average molecular weight is 327 g/mol. The van der Waals surface area contributed by atoms with E-state index in [-0.39, 0.29) is 4.21 Å². The summed E-state index contributed by atoms with van der Waals surface area (Å²) in [5.74, 6) is 0. The second-order valence-corrected chi connectivity index (χ2v) is 7.71. The Morgan fingerprint density at radius 1 is 1.35 bits per heavy atom. The van der Waals surface area contributed by atoms with Crippen LogP contribution in [0.2, 0.25) is 4.34 Å². The van der Waals surface area contributed by atoms with Gasteiger partial charge in [0.25, 0.3) is 10.0 Å². The number of halogens is 1. The number of rotatable bonds is 4. The van der Waals surface area contributed by atoms with Crippen LogP contribution in [-0.4, -0.2) is 8.42 Å². The van der Waals surface area contributed by atoms with Gasteiger partial charge in [0.05, 0.1) is 10.4 Å². The number of benzene rings is 1. The predicted molar refractivity (Wildman–Crippen MR) is 79.2 cm³/mol. The molecular weight excluding hydrogens is 316 g/mol. The first-order valence-electron chi connectivity index (χ1n) is 5.67. The summed E-state index contributed by atoms with van der Waals surface area (Å²) in [4.78, 5) is 0. The van der Waals surface area contributed by atoms with Crippen molar-refractivity contribution in [2.75, 3.05) is 0 Å². The standard InChI is InChI=1S/C13H11ClN2O2S2/c1-9-7-12(19-13(9)14)20(17,18)16-11(8-15)10-5-3-2-4-6-10/h2-7,11,16H,1H3. The second-order valence-electron chi connectivity index (χ2n) is 4.12. The Morgan fingerprint density at radius 2 is 2.00 bits per heavy atom. The molecule has 1 atom stereocenters. The largest absolute Gasteiger partial charge is 0.251 e. The predicted octanol–water partition coefficient (Wildman–Crippen LogP) is 3.25. The van der Waals surface area contributed by atoms with Gasteiger partial charge < -0.3 is 0 Å². The normalized spacial score (nSPS) is 12.8. The summed E-state index contributed by atoms with van der Waals surface area (Å²) in [6, 6.07) is 11.2. The van der Waals surface area contributed by atoms with E-state index in [9.17, 15) is 8.42 Å². The first kappa shape index (κ1) is 15.0. The number of hydrogen-bond acceptors (Lipinski definition) is 4. The highest BCUT2D eigenvalue weighted by molar-refractivity contribution is 7.91. The summed E-state index contributed by atoms with van der Waals surface area (Å²) >= 11 is 6.86. The number of nitriles is 1. The Morgan fingerprint density at radius 3 is 2.50 bits per heavy atom. The van der Waals surface area contributed by atoms with E-state index >= 15 is 0 Å². The quantitative estimate of drug-likeness (QED) is 0.937. The van der Waals surface area contributed by atoms with E-state index in [4.69, 9.17) is 16.9 Å². The zero-order valence-electron chi connectivity index (χ0n) is 10.5. The van der Waals surface area contributed by atoms with Crippen molar-refractivity contribution in [1.29, 1.82) is 5.26 Å². The molecule has 4 nitrogen and oxygen atoms in total. The van der Waals surface area contributed by atoms with E-state index in [0.29, 0.717) is 15.5 Å². The van der Waals surface area contributed by atoms with Crippen LogP contribution in [0.3, 0.4) is 0 Å². The van der Waals surface area contributed by atoms with Crippen molar-refractivity contribution in [3.8, 4) is 6.07 Å². The lowest BCUT2D eigenvalue weighted by Gasteiger charge is -2.11. The number of thiophene rings is 1. The molecule has 1 heterocycles. The van der Waals surface area contributed by atoms with Gasteiger partial charge in [-0.1, -0.05) is 41.9 Å². The highest BCUT2D eigenvalue weighted by atomic mass is 35.5. The van der Waals surface area contributed by atoms with E-state index in [1.165, 1.54) is 6.07 Å². The third-order valence-corrected chi connectivity index (χ3v) is 6.09. The molecule has 2 rings (SSSR count). The fourth-order valence-corrected chi connectivity index (χ4v) is 4.45. The topological polar surface area (TPSA) is 70.0 Å². The molecule has 104 valence electrons. The Bertz CT molecular complexity index is 729. The molecule has 0 radical (unpaired) electrons. The molecule has 0 amide bonds. The summed E-state index contributed by atoms with van der Waals surface area (Å²) in [5.41, 5.74) is 1.29. The fraction of sp³-hybridized carbons (Fsp3) is 0.154. The molecule has 1 aromatic heterocycles. The lowest BCUT2D eigenvalue weighted by molar-refractivity contribution is 0.577. The van der Waals surface area contributed by atoms with Gasteiger partial charge in [0.15, 0.2) is 0 Å². The summed E-state index contributed by atoms with van der Waals surface area (Å²) in [5, 5.41) is 9.15. The smallest absolute Gasteiger partial charge is 0.206 e. The van der Waals surface area contributed by atoms with Crippen LogP contribution in [0, 0.1) is 18.3 Å². The van der Waals surface area contributed by atoms with Crippen LogP contribution in [0.25, 0.3) is 0 Å². The molecule has 20 heavy (non-hydrogen) atoms. The van der Waals surface area contributed by atoms with Crippen LogP contribution >= 0.6 is 22.9 Å².